The van der Waals surface area contributed by atoms with Crippen molar-refractivity contribution < 1.29 is 4.79 Å². The lowest BCUT2D eigenvalue weighted by atomic mass is 9.97. The summed E-state index contributed by atoms with van der Waals surface area (Å²) in [5, 5.41) is 7.61. The fourth-order valence-electron chi connectivity index (χ4n) is 2.62. The fourth-order valence-corrected chi connectivity index (χ4v) is 2.62. The first-order valence-electron chi connectivity index (χ1n) is 7.39. The quantitative estimate of drug-likeness (QED) is 0.433. The number of hydrogen-bond donors (Lipinski definition) is 1. The summed E-state index contributed by atoms with van der Waals surface area (Å²) in [5.74, 6) is 6.39. The Morgan fingerprint density at radius 2 is 1.68 bits per heavy atom. The molecule has 0 radical (unpaired) electrons. The minimum absolute atomic E-state index is 0.0158. The van der Waals surface area contributed by atoms with Crippen molar-refractivity contribution in [2.45, 2.75) is 13.3 Å². The molecule has 3 aromatic carbocycles. The number of nitrogens with one attached hydrogen (secondary N) is 1. The van der Waals surface area contributed by atoms with Gasteiger partial charge in [0, 0.05) is 25.5 Å². The predicted molar refractivity (Wildman–Crippen MR) is 91.6 cm³/mol. The first-order valence-corrected chi connectivity index (χ1v) is 7.39. The van der Waals surface area contributed by atoms with Gasteiger partial charge in [-0.1, -0.05) is 60.4 Å². The topological polar surface area (TPSA) is 29.1 Å². The molecular formula is C20H17NO. The number of amides is 1. The summed E-state index contributed by atoms with van der Waals surface area (Å²) < 4.78 is 0. The summed E-state index contributed by atoms with van der Waals surface area (Å²) in [7, 11) is 0. The van der Waals surface area contributed by atoms with E-state index < -0.39 is 0 Å². The molecular weight excluding hydrogens is 270 g/mol. The smallest absolute Gasteiger partial charge is 0.216 e. The van der Waals surface area contributed by atoms with Crippen molar-refractivity contribution in [3.05, 3.63) is 60.2 Å². The molecule has 1 amide bonds. The molecule has 108 valence electrons. The highest BCUT2D eigenvalue weighted by Gasteiger charge is 2.03. The number of rotatable bonds is 2. The van der Waals surface area contributed by atoms with Crippen LogP contribution in [0.4, 0.5) is 0 Å². The molecule has 0 fully saturated rings. The Kier molecular flexibility index (Phi) is 4.07. The van der Waals surface area contributed by atoms with E-state index in [0.29, 0.717) is 13.0 Å². The van der Waals surface area contributed by atoms with Crippen LogP contribution < -0.4 is 5.32 Å². The van der Waals surface area contributed by atoms with E-state index in [4.69, 9.17) is 0 Å². The first-order chi connectivity index (χ1) is 10.8. The zero-order chi connectivity index (χ0) is 15.4. The van der Waals surface area contributed by atoms with Gasteiger partial charge in [0.2, 0.25) is 5.91 Å². The molecule has 1 N–H and O–H groups in total. The summed E-state index contributed by atoms with van der Waals surface area (Å²) in [6, 6.07) is 18.9. The molecule has 2 heteroatoms. The van der Waals surface area contributed by atoms with Crippen LogP contribution in [0.1, 0.15) is 18.9 Å². The van der Waals surface area contributed by atoms with Crippen molar-refractivity contribution in [2.75, 3.05) is 6.54 Å². The Labute approximate surface area is 130 Å². The Bertz CT molecular complexity index is 900. The summed E-state index contributed by atoms with van der Waals surface area (Å²) in [6.45, 7) is 2.11. The molecule has 0 aliphatic heterocycles. The molecule has 0 aliphatic carbocycles. The van der Waals surface area contributed by atoms with Crippen LogP contribution in [0.2, 0.25) is 0 Å². The molecule has 0 aliphatic rings. The second kappa shape index (κ2) is 6.32. The average Bonchev–Trinajstić information content (AvgIpc) is 2.54. The van der Waals surface area contributed by atoms with Crippen molar-refractivity contribution in [2.24, 2.45) is 0 Å². The van der Waals surface area contributed by atoms with Crippen LogP contribution in [0.5, 0.6) is 0 Å². The van der Waals surface area contributed by atoms with E-state index in [9.17, 15) is 4.79 Å². The second-order valence-corrected chi connectivity index (χ2v) is 5.23. The molecule has 3 aromatic rings. The van der Waals surface area contributed by atoms with Crippen molar-refractivity contribution in [1.29, 1.82) is 0 Å². The van der Waals surface area contributed by atoms with Crippen LogP contribution >= 0.6 is 0 Å². The van der Waals surface area contributed by atoms with Gasteiger partial charge in [-0.25, -0.2) is 0 Å². The largest absolute Gasteiger partial charge is 0.355 e. The molecule has 0 saturated carbocycles. The van der Waals surface area contributed by atoms with Gasteiger partial charge in [0.15, 0.2) is 0 Å². The van der Waals surface area contributed by atoms with Gasteiger partial charge in [0.25, 0.3) is 0 Å². The lowest BCUT2D eigenvalue weighted by Crippen LogP contribution is -2.20. The number of fused-ring (bicyclic) bond motifs is 3. The van der Waals surface area contributed by atoms with Crippen LogP contribution in [0.3, 0.4) is 0 Å². The van der Waals surface area contributed by atoms with Crippen LogP contribution in [0.15, 0.2) is 54.6 Å². The minimum atomic E-state index is -0.0158. The van der Waals surface area contributed by atoms with Gasteiger partial charge in [-0.3, -0.25) is 4.79 Å². The molecule has 0 atom stereocenters. The predicted octanol–water partition coefficient (Wildman–Crippen LogP) is 3.87. The van der Waals surface area contributed by atoms with Crippen molar-refractivity contribution in [3.8, 4) is 11.8 Å². The van der Waals surface area contributed by atoms with E-state index in [-0.39, 0.29) is 5.91 Å². The molecule has 0 bridgehead atoms. The van der Waals surface area contributed by atoms with Crippen LogP contribution in [-0.2, 0) is 4.79 Å². The maximum Gasteiger partial charge on any atom is 0.216 e. The van der Waals surface area contributed by atoms with Crippen LogP contribution in [0, 0.1) is 11.8 Å². The molecule has 0 saturated heterocycles. The summed E-state index contributed by atoms with van der Waals surface area (Å²) in [5.41, 5.74) is 1.04. The third-order valence-corrected chi connectivity index (χ3v) is 3.62. The normalized spacial score (nSPS) is 10.2. The van der Waals surface area contributed by atoms with Crippen molar-refractivity contribution in [3.63, 3.8) is 0 Å². The molecule has 22 heavy (non-hydrogen) atoms. The van der Waals surface area contributed by atoms with Crippen LogP contribution in [-0.4, -0.2) is 12.5 Å². The third-order valence-electron chi connectivity index (χ3n) is 3.62. The van der Waals surface area contributed by atoms with E-state index in [1.54, 1.807) is 0 Å². The van der Waals surface area contributed by atoms with Crippen LogP contribution in [0.25, 0.3) is 21.5 Å². The monoisotopic (exact) mass is 287 g/mol. The molecule has 0 aromatic heterocycles. The highest BCUT2D eigenvalue weighted by Crippen LogP contribution is 2.28. The lowest BCUT2D eigenvalue weighted by molar-refractivity contribution is -0.118. The van der Waals surface area contributed by atoms with Crippen molar-refractivity contribution >= 4 is 27.5 Å². The Hall–Kier alpha value is -2.79. The van der Waals surface area contributed by atoms with E-state index in [1.807, 2.05) is 12.1 Å². The third kappa shape index (κ3) is 2.94. The fraction of sp³-hybridized carbons (Fsp3) is 0.150. The van der Waals surface area contributed by atoms with Gasteiger partial charge in [0.05, 0.1) is 0 Å². The molecule has 2 nitrogen and oxygen atoms in total. The average molecular weight is 287 g/mol. The van der Waals surface area contributed by atoms with E-state index in [1.165, 1.54) is 28.5 Å². The molecule has 0 heterocycles. The zero-order valence-electron chi connectivity index (χ0n) is 12.5. The highest BCUT2D eigenvalue weighted by atomic mass is 16.1. The molecule has 0 spiro atoms. The van der Waals surface area contributed by atoms with Gasteiger partial charge in [-0.05, 0) is 27.6 Å². The zero-order valence-corrected chi connectivity index (χ0v) is 12.5. The summed E-state index contributed by atoms with van der Waals surface area (Å²) >= 11 is 0. The number of benzene rings is 3. The Balaban J connectivity index is 2.01. The number of carbonyl (C=O) groups excluding carboxylic acids is 1. The van der Waals surface area contributed by atoms with Gasteiger partial charge in [-0.15, -0.1) is 0 Å². The highest BCUT2D eigenvalue weighted by molar-refractivity contribution is 6.09. The van der Waals surface area contributed by atoms with E-state index in [2.05, 4.69) is 59.6 Å². The number of carbonyl (C=O) groups is 1. The second-order valence-electron chi connectivity index (χ2n) is 5.23. The maximum atomic E-state index is 10.8. The van der Waals surface area contributed by atoms with E-state index >= 15 is 0 Å². The number of hydrogen-bond acceptors (Lipinski definition) is 1. The van der Waals surface area contributed by atoms with Gasteiger partial charge >= 0.3 is 0 Å². The molecule has 0 unspecified atom stereocenters. The van der Waals surface area contributed by atoms with Gasteiger partial charge < -0.3 is 5.32 Å². The minimum Gasteiger partial charge on any atom is -0.355 e. The van der Waals surface area contributed by atoms with E-state index in [0.717, 1.165) is 5.56 Å². The SMILES string of the molecule is CC(=O)NCCC#Cc1cc2ccccc2c2ccccc12. The van der Waals surface area contributed by atoms with Gasteiger partial charge in [-0.2, -0.15) is 0 Å². The maximum absolute atomic E-state index is 10.8. The summed E-state index contributed by atoms with van der Waals surface area (Å²) in [6.07, 6.45) is 0.654. The Morgan fingerprint density at radius 1 is 1.00 bits per heavy atom. The molecule has 3 rings (SSSR count). The lowest BCUT2D eigenvalue weighted by Gasteiger charge is -2.06. The van der Waals surface area contributed by atoms with Crippen molar-refractivity contribution in [1.82, 2.24) is 5.32 Å². The van der Waals surface area contributed by atoms with Gasteiger partial charge in [0.1, 0.15) is 0 Å². The first kappa shape index (κ1) is 14.2. The standard InChI is InChI=1S/C20H17NO/c1-15(22)21-13-7-6-9-17-14-16-8-2-3-10-18(16)20-12-5-4-11-19(17)20/h2-5,8,10-12,14H,7,13H2,1H3,(H,21,22). The summed E-state index contributed by atoms with van der Waals surface area (Å²) in [4.78, 5) is 10.8. The Morgan fingerprint density at radius 3 is 2.45 bits per heavy atom.